The van der Waals surface area contributed by atoms with E-state index in [2.05, 4.69) is 36.7 Å². The van der Waals surface area contributed by atoms with Gasteiger partial charge in [0.05, 0.1) is 4.60 Å². The minimum atomic E-state index is 0.0411. The summed E-state index contributed by atoms with van der Waals surface area (Å²) < 4.78 is 3.06. The van der Waals surface area contributed by atoms with Crippen LogP contribution in [0.5, 0.6) is 0 Å². The molecule has 0 aliphatic heterocycles. The van der Waals surface area contributed by atoms with Gasteiger partial charge in [0.25, 0.3) is 0 Å². The lowest BCUT2D eigenvalue weighted by atomic mass is 10.1. The first kappa shape index (κ1) is 9.14. The lowest BCUT2D eigenvalue weighted by Crippen LogP contribution is -2.21. The van der Waals surface area contributed by atoms with Crippen molar-refractivity contribution in [2.24, 2.45) is 0 Å². The van der Waals surface area contributed by atoms with Crippen molar-refractivity contribution in [3.8, 4) is 0 Å². The van der Waals surface area contributed by atoms with Gasteiger partial charge in [0, 0.05) is 5.54 Å². The molecule has 62 valence electrons. The fourth-order valence-corrected chi connectivity index (χ4v) is 2.39. The first-order valence-electron chi connectivity index (χ1n) is 3.46. The molecule has 1 nitrogen and oxygen atoms in total. The maximum absolute atomic E-state index is 5.96. The minimum Gasteiger partial charge on any atom is -0.321 e. The molecule has 1 aromatic heterocycles. The van der Waals surface area contributed by atoms with E-state index >= 15 is 0 Å². The zero-order chi connectivity index (χ0) is 8.65. The molecule has 1 heterocycles. The van der Waals surface area contributed by atoms with E-state index in [0.29, 0.717) is 0 Å². The topological polar surface area (TPSA) is 4.93 Å². The van der Waals surface area contributed by atoms with Crippen molar-refractivity contribution in [2.45, 2.75) is 26.3 Å². The van der Waals surface area contributed by atoms with Crippen molar-refractivity contribution in [2.75, 3.05) is 0 Å². The van der Waals surface area contributed by atoms with Crippen LogP contribution in [0.15, 0.2) is 16.7 Å². The number of hydrogen-bond acceptors (Lipinski definition) is 0. The Morgan fingerprint density at radius 2 is 1.91 bits per heavy atom. The van der Waals surface area contributed by atoms with Gasteiger partial charge in [-0.15, -0.1) is 0 Å². The van der Waals surface area contributed by atoms with Crippen LogP contribution in [0.4, 0.5) is 0 Å². The third-order valence-electron chi connectivity index (χ3n) is 1.46. The Labute approximate surface area is 80.5 Å². The minimum absolute atomic E-state index is 0.0411. The van der Waals surface area contributed by atoms with E-state index in [0.717, 1.165) is 9.76 Å². The summed E-state index contributed by atoms with van der Waals surface area (Å²) in [6, 6.07) is 3.84. The van der Waals surface area contributed by atoms with Crippen LogP contribution in [0, 0.1) is 0 Å². The van der Waals surface area contributed by atoms with Gasteiger partial charge in [-0.05, 0) is 48.8 Å². The summed E-state index contributed by atoms with van der Waals surface area (Å²) in [6.07, 6.45) is 0. The van der Waals surface area contributed by atoms with Gasteiger partial charge in [-0.25, -0.2) is 0 Å². The number of nitrogens with zero attached hydrogens (tertiary/aromatic N) is 1. The quantitative estimate of drug-likeness (QED) is 0.648. The normalized spacial score (nSPS) is 12.1. The molecular weight excluding hydrogens is 225 g/mol. The molecule has 0 spiro atoms. The molecule has 0 N–H and O–H groups in total. The number of rotatable bonds is 0. The highest BCUT2D eigenvalue weighted by molar-refractivity contribution is 9.10. The van der Waals surface area contributed by atoms with Gasteiger partial charge in [0.2, 0.25) is 0 Å². The Bertz CT molecular complexity index is 240. The molecule has 1 aromatic rings. The summed E-state index contributed by atoms with van der Waals surface area (Å²) in [5.74, 6) is 0. The second-order valence-electron chi connectivity index (χ2n) is 3.49. The Hall–Kier alpha value is 0.0500. The maximum atomic E-state index is 5.96. The number of aromatic nitrogens is 1. The fourth-order valence-electron chi connectivity index (χ4n) is 1.03. The first-order chi connectivity index (χ1) is 4.93. The van der Waals surface area contributed by atoms with Crippen molar-refractivity contribution in [3.63, 3.8) is 0 Å². The molecule has 0 atom stereocenters. The van der Waals surface area contributed by atoms with Gasteiger partial charge < -0.3 is 4.57 Å². The maximum Gasteiger partial charge on any atom is 0.110 e. The number of halogens is 2. The van der Waals surface area contributed by atoms with E-state index in [4.69, 9.17) is 11.6 Å². The van der Waals surface area contributed by atoms with Crippen molar-refractivity contribution in [3.05, 3.63) is 21.9 Å². The lowest BCUT2D eigenvalue weighted by molar-refractivity contribution is 0.392. The Morgan fingerprint density at radius 1 is 1.36 bits per heavy atom. The predicted octanol–water partition coefficient (Wildman–Crippen LogP) is 3.66. The van der Waals surface area contributed by atoms with Crippen molar-refractivity contribution in [1.82, 2.24) is 4.57 Å². The summed E-state index contributed by atoms with van der Waals surface area (Å²) >= 11 is 9.39. The standard InChI is InChI=1S/C8H11BrClN/c1-8(2,3)11-6(9)4-5-7(11)10/h4-5H,1-3H3. The van der Waals surface area contributed by atoms with E-state index < -0.39 is 0 Å². The Kier molecular flexibility index (Phi) is 2.35. The summed E-state index contributed by atoms with van der Waals surface area (Å²) in [5, 5.41) is 0.768. The van der Waals surface area contributed by atoms with Crippen molar-refractivity contribution in [1.29, 1.82) is 0 Å². The lowest BCUT2D eigenvalue weighted by Gasteiger charge is -2.23. The molecule has 0 unspecified atom stereocenters. The highest BCUT2D eigenvalue weighted by Crippen LogP contribution is 2.28. The molecule has 0 saturated carbocycles. The molecule has 0 radical (unpaired) electrons. The van der Waals surface area contributed by atoms with Crippen LogP contribution in [-0.2, 0) is 5.54 Å². The number of hydrogen-bond donors (Lipinski definition) is 0. The zero-order valence-electron chi connectivity index (χ0n) is 6.86. The molecule has 0 saturated heterocycles. The van der Waals surface area contributed by atoms with E-state index in [-0.39, 0.29) is 5.54 Å². The van der Waals surface area contributed by atoms with Gasteiger partial charge in [-0.2, -0.15) is 0 Å². The molecule has 0 fully saturated rings. The van der Waals surface area contributed by atoms with E-state index in [9.17, 15) is 0 Å². The van der Waals surface area contributed by atoms with Crippen LogP contribution in [0.3, 0.4) is 0 Å². The summed E-state index contributed by atoms with van der Waals surface area (Å²) in [4.78, 5) is 0. The Morgan fingerprint density at radius 3 is 2.09 bits per heavy atom. The van der Waals surface area contributed by atoms with E-state index in [1.807, 2.05) is 16.7 Å². The summed E-state index contributed by atoms with van der Waals surface area (Å²) in [7, 11) is 0. The van der Waals surface area contributed by atoms with Crippen LogP contribution < -0.4 is 0 Å². The SMILES string of the molecule is CC(C)(C)n1c(Cl)ccc1Br. The largest absolute Gasteiger partial charge is 0.321 e. The van der Waals surface area contributed by atoms with Gasteiger partial charge in [-0.3, -0.25) is 0 Å². The molecule has 0 bridgehead atoms. The molecule has 0 aliphatic rings. The van der Waals surface area contributed by atoms with Gasteiger partial charge in [0.15, 0.2) is 0 Å². The fraction of sp³-hybridized carbons (Fsp3) is 0.500. The van der Waals surface area contributed by atoms with Crippen molar-refractivity contribution < 1.29 is 0 Å². The van der Waals surface area contributed by atoms with Gasteiger partial charge in [-0.1, -0.05) is 11.6 Å². The molecule has 0 amide bonds. The molecule has 11 heavy (non-hydrogen) atoms. The van der Waals surface area contributed by atoms with E-state index in [1.54, 1.807) is 0 Å². The average Bonchev–Trinajstić information content (AvgIpc) is 2.08. The van der Waals surface area contributed by atoms with Crippen LogP contribution in [0.2, 0.25) is 5.15 Å². The summed E-state index contributed by atoms with van der Waals surface area (Å²) in [6.45, 7) is 6.34. The smallest absolute Gasteiger partial charge is 0.110 e. The molecule has 0 aliphatic carbocycles. The van der Waals surface area contributed by atoms with Crippen molar-refractivity contribution >= 4 is 27.5 Å². The second-order valence-corrected chi connectivity index (χ2v) is 4.68. The Balaban J connectivity index is 3.21. The monoisotopic (exact) mass is 235 g/mol. The molecule has 0 aromatic carbocycles. The first-order valence-corrected chi connectivity index (χ1v) is 4.63. The van der Waals surface area contributed by atoms with Crippen LogP contribution in [0.25, 0.3) is 0 Å². The second kappa shape index (κ2) is 2.83. The van der Waals surface area contributed by atoms with Gasteiger partial charge in [0.1, 0.15) is 5.15 Å². The highest BCUT2D eigenvalue weighted by atomic mass is 79.9. The third kappa shape index (κ3) is 1.79. The van der Waals surface area contributed by atoms with Crippen LogP contribution >= 0.6 is 27.5 Å². The van der Waals surface area contributed by atoms with Crippen LogP contribution in [-0.4, -0.2) is 4.57 Å². The molecule has 1 rings (SSSR count). The van der Waals surface area contributed by atoms with Crippen LogP contribution in [0.1, 0.15) is 20.8 Å². The predicted molar refractivity (Wildman–Crippen MR) is 52.1 cm³/mol. The van der Waals surface area contributed by atoms with E-state index in [1.165, 1.54) is 0 Å². The average molecular weight is 237 g/mol. The highest BCUT2D eigenvalue weighted by Gasteiger charge is 2.17. The molecular formula is C8H11BrClN. The zero-order valence-corrected chi connectivity index (χ0v) is 9.20. The van der Waals surface area contributed by atoms with Gasteiger partial charge >= 0.3 is 0 Å². The third-order valence-corrected chi connectivity index (χ3v) is 2.37. The molecule has 3 heteroatoms. The summed E-state index contributed by atoms with van der Waals surface area (Å²) in [5.41, 5.74) is 0.0411.